The summed E-state index contributed by atoms with van der Waals surface area (Å²) >= 11 is 11.9. The highest BCUT2D eigenvalue weighted by atomic mass is 35.5. The van der Waals surface area contributed by atoms with E-state index in [9.17, 15) is 14.6 Å². The largest absolute Gasteiger partial charge is 0.324 e. The smallest absolute Gasteiger partial charge is 0.242 e. The average molecular weight is 352 g/mol. The molecule has 0 aliphatic rings. The third-order valence-corrected chi connectivity index (χ3v) is 6.31. The van der Waals surface area contributed by atoms with E-state index in [1.54, 1.807) is 25.5 Å². The van der Waals surface area contributed by atoms with E-state index in [4.69, 9.17) is 23.2 Å². The zero-order valence-corrected chi connectivity index (χ0v) is 14.8. The maximum Gasteiger partial charge on any atom is 0.242 e. The normalized spacial score (nSPS) is 13.0. The van der Waals surface area contributed by atoms with Crippen LogP contribution in [0.4, 0.5) is 0 Å². The number of hydrogen-bond acceptors (Lipinski definition) is 3. The van der Waals surface area contributed by atoms with Gasteiger partial charge in [0.15, 0.2) is 0 Å². The first-order valence-electron chi connectivity index (χ1n) is 6.57. The first kappa shape index (κ1) is 18.5. The van der Waals surface area contributed by atoms with Gasteiger partial charge in [-0.15, -0.1) is 0 Å². The standard InChI is InChI=1S/C14H20Cl2NO3P/c1-10(18)17(19)7-6-12(21(2,3)20)8-11-4-5-13(15)14(16)9-11/h4-5,9,12,19H,6-8H2,1-3H3. The number of hydrogen-bond donors (Lipinski definition) is 1. The Morgan fingerprint density at radius 3 is 2.43 bits per heavy atom. The lowest BCUT2D eigenvalue weighted by molar-refractivity contribution is -0.162. The van der Waals surface area contributed by atoms with Crippen LogP contribution in [-0.4, -0.2) is 41.7 Å². The predicted octanol–water partition coefficient (Wildman–Crippen LogP) is 4.16. The number of halogens is 2. The molecule has 0 aliphatic carbocycles. The highest BCUT2D eigenvalue weighted by Crippen LogP contribution is 2.46. The monoisotopic (exact) mass is 351 g/mol. The summed E-state index contributed by atoms with van der Waals surface area (Å²) in [4.78, 5) is 11.0. The van der Waals surface area contributed by atoms with E-state index in [0.717, 1.165) is 5.56 Å². The Labute approximate surface area is 135 Å². The molecule has 4 nitrogen and oxygen atoms in total. The number of amides is 1. The highest BCUT2D eigenvalue weighted by molar-refractivity contribution is 7.63. The Hall–Kier alpha value is -0.540. The topological polar surface area (TPSA) is 57.6 Å². The molecule has 0 saturated heterocycles. The molecule has 1 aromatic carbocycles. The van der Waals surface area contributed by atoms with Gasteiger partial charge in [0.05, 0.1) is 17.2 Å². The molecule has 118 valence electrons. The Balaban J connectivity index is 2.81. The van der Waals surface area contributed by atoms with Crippen molar-refractivity contribution in [2.75, 3.05) is 19.9 Å². The summed E-state index contributed by atoms with van der Waals surface area (Å²) in [6.07, 6.45) is 1.02. The molecule has 21 heavy (non-hydrogen) atoms. The molecule has 0 saturated carbocycles. The number of carbonyl (C=O) groups is 1. The molecule has 0 spiro atoms. The van der Waals surface area contributed by atoms with E-state index in [1.807, 2.05) is 6.07 Å². The second-order valence-electron chi connectivity index (χ2n) is 5.47. The van der Waals surface area contributed by atoms with Crippen LogP contribution in [-0.2, 0) is 15.8 Å². The molecule has 1 amide bonds. The third-order valence-electron chi connectivity index (χ3n) is 3.37. The average Bonchev–Trinajstić information content (AvgIpc) is 2.36. The lowest BCUT2D eigenvalue weighted by Gasteiger charge is -2.23. The van der Waals surface area contributed by atoms with Crippen molar-refractivity contribution in [1.29, 1.82) is 0 Å². The number of rotatable bonds is 6. The maximum absolute atomic E-state index is 12.4. The summed E-state index contributed by atoms with van der Waals surface area (Å²) in [6.45, 7) is 4.87. The summed E-state index contributed by atoms with van der Waals surface area (Å²) in [5.41, 5.74) is 0.800. The van der Waals surface area contributed by atoms with Crippen molar-refractivity contribution < 1.29 is 14.6 Å². The third kappa shape index (κ3) is 5.99. The van der Waals surface area contributed by atoms with E-state index in [2.05, 4.69) is 0 Å². The van der Waals surface area contributed by atoms with Crippen molar-refractivity contribution in [2.45, 2.75) is 25.4 Å². The fourth-order valence-corrected chi connectivity index (χ4v) is 3.71. The van der Waals surface area contributed by atoms with Crippen LogP contribution < -0.4 is 0 Å². The quantitative estimate of drug-likeness (QED) is 0.475. The molecular weight excluding hydrogens is 332 g/mol. The van der Waals surface area contributed by atoms with Gasteiger partial charge in [-0.2, -0.15) is 0 Å². The van der Waals surface area contributed by atoms with Gasteiger partial charge in [0, 0.05) is 19.1 Å². The molecule has 1 aromatic rings. The van der Waals surface area contributed by atoms with Gasteiger partial charge in [-0.3, -0.25) is 10.0 Å². The van der Waals surface area contributed by atoms with Crippen LogP contribution in [0, 0.1) is 0 Å². The second-order valence-corrected chi connectivity index (χ2v) is 9.88. The summed E-state index contributed by atoms with van der Waals surface area (Å²) in [6, 6.07) is 5.31. The van der Waals surface area contributed by atoms with Gasteiger partial charge in [0.1, 0.15) is 0 Å². The number of carbonyl (C=O) groups excluding carboxylic acids is 1. The molecule has 1 unspecified atom stereocenters. The van der Waals surface area contributed by atoms with Crippen LogP contribution in [0.3, 0.4) is 0 Å². The van der Waals surface area contributed by atoms with Gasteiger partial charge >= 0.3 is 0 Å². The van der Waals surface area contributed by atoms with Crippen LogP contribution >= 0.6 is 30.3 Å². The SMILES string of the molecule is CC(=O)N(O)CCC(Cc1ccc(Cl)c(Cl)c1)P(C)(C)=O. The predicted molar refractivity (Wildman–Crippen MR) is 87.2 cm³/mol. The molecule has 0 aromatic heterocycles. The van der Waals surface area contributed by atoms with Crippen molar-refractivity contribution in [2.24, 2.45) is 0 Å². The molecule has 0 aliphatic heterocycles. The van der Waals surface area contributed by atoms with Crippen LogP contribution in [0.25, 0.3) is 0 Å². The molecule has 0 bridgehead atoms. The van der Waals surface area contributed by atoms with Gasteiger partial charge < -0.3 is 4.57 Å². The first-order chi connectivity index (χ1) is 9.61. The van der Waals surface area contributed by atoms with E-state index in [-0.39, 0.29) is 12.2 Å². The van der Waals surface area contributed by atoms with Crippen molar-refractivity contribution in [3.8, 4) is 0 Å². The molecule has 0 heterocycles. The molecule has 1 atom stereocenters. The zero-order chi connectivity index (χ0) is 16.2. The van der Waals surface area contributed by atoms with Gasteiger partial charge in [-0.05, 0) is 43.9 Å². The fourth-order valence-electron chi connectivity index (χ4n) is 2.00. The number of benzene rings is 1. The molecular formula is C14H20Cl2NO3P. The van der Waals surface area contributed by atoms with E-state index < -0.39 is 13.0 Å². The number of hydroxylamine groups is 2. The molecule has 7 heteroatoms. The van der Waals surface area contributed by atoms with Crippen molar-refractivity contribution in [3.05, 3.63) is 33.8 Å². The zero-order valence-electron chi connectivity index (χ0n) is 12.3. The Morgan fingerprint density at radius 1 is 1.33 bits per heavy atom. The van der Waals surface area contributed by atoms with Gasteiger partial charge in [0.25, 0.3) is 0 Å². The van der Waals surface area contributed by atoms with Gasteiger partial charge in [0.2, 0.25) is 5.91 Å². The second kappa shape index (κ2) is 7.64. The van der Waals surface area contributed by atoms with Crippen LogP contribution in [0.5, 0.6) is 0 Å². The Morgan fingerprint density at radius 2 is 1.95 bits per heavy atom. The van der Waals surface area contributed by atoms with Crippen molar-refractivity contribution in [1.82, 2.24) is 5.06 Å². The highest BCUT2D eigenvalue weighted by Gasteiger charge is 2.24. The number of nitrogens with zero attached hydrogens (tertiary/aromatic N) is 1. The minimum absolute atomic E-state index is 0.135. The van der Waals surface area contributed by atoms with E-state index >= 15 is 0 Å². The maximum atomic E-state index is 12.4. The summed E-state index contributed by atoms with van der Waals surface area (Å²) < 4.78 is 12.4. The molecule has 0 fully saturated rings. The summed E-state index contributed by atoms with van der Waals surface area (Å²) in [7, 11) is -2.38. The minimum Gasteiger partial charge on any atom is -0.324 e. The summed E-state index contributed by atoms with van der Waals surface area (Å²) in [5, 5.41) is 11.0. The van der Waals surface area contributed by atoms with Crippen molar-refractivity contribution >= 4 is 36.3 Å². The van der Waals surface area contributed by atoms with Crippen LogP contribution in [0.2, 0.25) is 10.0 Å². The molecule has 1 N–H and O–H groups in total. The fraction of sp³-hybridized carbons (Fsp3) is 0.500. The van der Waals surface area contributed by atoms with E-state index in [0.29, 0.717) is 28.0 Å². The van der Waals surface area contributed by atoms with Gasteiger partial charge in [-0.1, -0.05) is 29.3 Å². The van der Waals surface area contributed by atoms with Crippen molar-refractivity contribution in [3.63, 3.8) is 0 Å². The van der Waals surface area contributed by atoms with E-state index in [1.165, 1.54) is 6.92 Å². The first-order valence-corrected chi connectivity index (χ1v) is 9.99. The summed E-state index contributed by atoms with van der Waals surface area (Å²) in [5.74, 6) is -0.426. The van der Waals surface area contributed by atoms with Crippen LogP contribution in [0.15, 0.2) is 18.2 Å². The Kier molecular flexibility index (Phi) is 6.73. The van der Waals surface area contributed by atoms with Crippen LogP contribution in [0.1, 0.15) is 18.9 Å². The molecule has 1 rings (SSSR count). The Bertz CT molecular complexity index is 559. The lowest BCUT2D eigenvalue weighted by Crippen LogP contribution is -2.28. The molecule has 0 radical (unpaired) electrons. The minimum atomic E-state index is -2.38. The van der Waals surface area contributed by atoms with Gasteiger partial charge in [-0.25, -0.2) is 5.06 Å². The lowest BCUT2D eigenvalue weighted by atomic mass is 10.1.